The van der Waals surface area contributed by atoms with Crippen molar-refractivity contribution < 1.29 is 48.1 Å². The van der Waals surface area contributed by atoms with Crippen LogP contribution in [-0.2, 0) is 36.2 Å². The third-order valence-electron chi connectivity index (χ3n) is 16.8. The van der Waals surface area contributed by atoms with Crippen molar-refractivity contribution in [3.05, 3.63) is 131 Å². The number of halogens is 2. The molecule has 324 valence electrons. The maximum Gasteiger partial charge on any atom is -0.0279 e. The molecular weight excluding hydrogens is 887 g/mol. The molecule has 0 atom stereocenters. The van der Waals surface area contributed by atoms with Gasteiger partial charge in [-0.3, -0.25) is 0 Å². The quantitative estimate of drug-likeness (QED) is 0.105. The maximum atomic E-state index is 2.51. The third-order valence-corrected chi connectivity index (χ3v) is 19.9. The topological polar surface area (TPSA) is 0 Å². The van der Waals surface area contributed by atoms with Crippen LogP contribution in [0.15, 0.2) is 109 Å². The van der Waals surface area contributed by atoms with Gasteiger partial charge in [0.15, 0.2) is 0 Å². The number of fused-ring (bicyclic) bond motifs is 2. The Hall–Kier alpha value is -2.22. The third kappa shape index (κ3) is 9.96. The fraction of sp³-hybridized carbons (Fsp3) is 0.483. The van der Waals surface area contributed by atoms with Crippen molar-refractivity contribution in [3.8, 4) is 22.3 Å². The van der Waals surface area contributed by atoms with Crippen LogP contribution in [-0.4, -0.2) is 5.43 Å². The van der Waals surface area contributed by atoms with Gasteiger partial charge in [0.1, 0.15) is 0 Å². The molecule has 8 aliphatic carbocycles. The molecule has 14 rings (SSSR count). The maximum absolute atomic E-state index is 2.51. The van der Waals surface area contributed by atoms with Crippen LogP contribution < -0.4 is 24.8 Å². The van der Waals surface area contributed by atoms with Crippen LogP contribution in [0.25, 0.3) is 43.8 Å². The molecule has 62 heavy (non-hydrogen) atoms. The molecule has 8 bridgehead atoms. The van der Waals surface area contributed by atoms with E-state index in [2.05, 4.69) is 137 Å². The zero-order valence-corrected chi connectivity index (χ0v) is 42.8. The number of hydrogen-bond donors (Lipinski definition) is 0. The molecule has 0 N–H and O–H groups in total. The van der Waals surface area contributed by atoms with E-state index in [4.69, 9.17) is 0 Å². The smallest absolute Gasteiger partial charge is 0.0279 e. The molecular formula is C58H68Cl2SiZr-2. The molecule has 0 nitrogen and oxygen atoms in total. The van der Waals surface area contributed by atoms with E-state index in [-0.39, 0.29) is 30.2 Å². The van der Waals surface area contributed by atoms with Crippen LogP contribution in [0.4, 0.5) is 0 Å². The van der Waals surface area contributed by atoms with E-state index >= 15 is 0 Å². The van der Waals surface area contributed by atoms with Crippen molar-refractivity contribution in [1.29, 1.82) is 0 Å². The van der Waals surface area contributed by atoms with Gasteiger partial charge >= 0.3 is 54.7 Å². The molecule has 0 aromatic heterocycles. The number of rotatable bonds is 8. The molecule has 6 aromatic rings. The van der Waals surface area contributed by atoms with Gasteiger partial charge in [0.2, 0.25) is 0 Å². The fourth-order valence-electron chi connectivity index (χ4n) is 14.5. The minimum atomic E-state index is 0. The van der Waals surface area contributed by atoms with Crippen LogP contribution in [0, 0.1) is 73.0 Å². The Morgan fingerprint density at radius 1 is 0.516 bits per heavy atom. The van der Waals surface area contributed by atoms with Crippen molar-refractivity contribution in [3.63, 3.8) is 0 Å². The van der Waals surface area contributed by atoms with Gasteiger partial charge in [0.05, 0.1) is 0 Å². The monoisotopic (exact) mass is 952 g/mol. The Balaban J connectivity index is 0.000000147. The average Bonchev–Trinajstić information content (AvgIpc) is 3.85. The van der Waals surface area contributed by atoms with Crippen LogP contribution >= 0.6 is 0 Å². The number of aryl methyl sites for hydroxylation is 2. The van der Waals surface area contributed by atoms with E-state index in [0.29, 0.717) is 0 Å². The minimum Gasteiger partial charge on any atom is -1.00 e. The molecule has 6 aromatic carbocycles. The normalized spacial score (nSPS) is 28.4. The molecule has 0 saturated heterocycles. The summed E-state index contributed by atoms with van der Waals surface area (Å²) in [5.74, 6) is 10.3. The van der Waals surface area contributed by atoms with Gasteiger partial charge in [-0.05, 0) is 161 Å². The summed E-state index contributed by atoms with van der Waals surface area (Å²) in [5.41, 5.74) is 11.5. The van der Waals surface area contributed by atoms with Gasteiger partial charge in [-0.2, -0.15) is 12.1 Å². The van der Waals surface area contributed by atoms with Crippen LogP contribution in [0.3, 0.4) is 0 Å². The Bertz CT molecular complexity index is 2210. The first kappa shape index (κ1) is 46.3. The van der Waals surface area contributed by atoms with E-state index in [0.717, 1.165) is 59.2 Å². The van der Waals surface area contributed by atoms with Crippen LogP contribution in [0.2, 0.25) is 12.6 Å². The van der Waals surface area contributed by atoms with Crippen LogP contribution in [0.5, 0.6) is 0 Å². The SMILES string of the molecule is CCC[Si](C)=[Zr+2].Cc1ccc(-c2cccc3[cH-]c(CC4C5CC6CC(C5)CC4C6)cc23)cc1.Cc1ccc(-c2cccc3[cH-]c(CC4C5CC6CC(C5)CC4C6)cc23)cc1.[Cl-].[Cl-]. The molecule has 0 amide bonds. The summed E-state index contributed by atoms with van der Waals surface area (Å²) >= 11 is 1.79. The van der Waals surface area contributed by atoms with Gasteiger partial charge in [-0.1, -0.05) is 82.9 Å². The fourth-order valence-corrected chi connectivity index (χ4v) is 17.1. The van der Waals surface area contributed by atoms with E-state index in [1.54, 1.807) is 47.3 Å². The summed E-state index contributed by atoms with van der Waals surface area (Å²) in [4.78, 5) is 0. The van der Waals surface area contributed by atoms with Crippen molar-refractivity contribution in [2.24, 2.45) is 59.2 Å². The molecule has 4 heteroatoms. The molecule has 0 aliphatic heterocycles. The molecule has 8 fully saturated rings. The largest absolute Gasteiger partial charge is 1.00 e. The molecule has 0 heterocycles. The zero-order chi connectivity index (χ0) is 40.9. The summed E-state index contributed by atoms with van der Waals surface area (Å²) in [6.45, 7) is 8.98. The summed E-state index contributed by atoms with van der Waals surface area (Å²) in [7, 11) is 0. The van der Waals surface area contributed by atoms with E-state index < -0.39 is 0 Å². The number of benzene rings is 4. The predicted octanol–water partition coefficient (Wildman–Crippen LogP) is 9.87. The molecule has 0 radical (unpaired) electrons. The standard InChI is InChI=1S/2C27H29.C4H10Si.2ClH.Zr/c2*1-17-5-7-21(8-6-17)25-4-2-3-22-10-20(16-27(22)25)15-26-23-11-18-9-19(13-23)14-24(26)12-18;1-3-4-5-2;;;/h2*2-8,10,16,18-19,23-24,26H,9,11-15H2,1H3;3-4H2,1-2H3;2*1H;/q2*-1;;;;+2/p-2. The zero-order valence-electron chi connectivity index (χ0n) is 37.8. The van der Waals surface area contributed by atoms with E-state index in [9.17, 15) is 0 Å². The van der Waals surface area contributed by atoms with Gasteiger partial charge in [-0.25, -0.2) is 0 Å². The molecule has 0 unspecified atom stereocenters. The molecule has 8 saturated carbocycles. The Morgan fingerprint density at radius 2 is 0.871 bits per heavy atom. The van der Waals surface area contributed by atoms with E-state index in [1.165, 1.54) is 132 Å². The first-order chi connectivity index (χ1) is 29.2. The molecule has 0 spiro atoms. The first-order valence-corrected chi connectivity index (χ1v) is 30.2. The first-order valence-electron chi connectivity index (χ1n) is 24.3. The average molecular weight is 955 g/mol. The van der Waals surface area contributed by atoms with Crippen molar-refractivity contribution in [2.75, 3.05) is 0 Å². The second-order valence-corrected chi connectivity index (χ2v) is 29.6. The second-order valence-electron chi connectivity index (χ2n) is 21.2. The van der Waals surface area contributed by atoms with Crippen molar-refractivity contribution in [1.82, 2.24) is 0 Å². The summed E-state index contributed by atoms with van der Waals surface area (Å²) in [6.07, 6.45) is 19.4. The predicted molar refractivity (Wildman–Crippen MR) is 255 cm³/mol. The van der Waals surface area contributed by atoms with Crippen molar-refractivity contribution in [2.45, 2.75) is 117 Å². The summed E-state index contributed by atoms with van der Waals surface area (Å²) < 4.78 is 0. The molecule has 8 aliphatic rings. The van der Waals surface area contributed by atoms with E-state index in [1.807, 2.05) is 0 Å². The minimum absolute atomic E-state index is 0. The van der Waals surface area contributed by atoms with Crippen LogP contribution in [0.1, 0.15) is 99.8 Å². The van der Waals surface area contributed by atoms with Gasteiger partial charge in [-0.15, -0.1) is 69.1 Å². The Kier molecular flexibility index (Phi) is 15.0. The Morgan fingerprint density at radius 3 is 1.18 bits per heavy atom. The number of hydrogen-bond acceptors (Lipinski definition) is 0. The van der Waals surface area contributed by atoms with Crippen molar-refractivity contribution >= 4 is 27.0 Å². The summed E-state index contributed by atoms with van der Waals surface area (Å²) in [6, 6.07) is 43.1. The summed E-state index contributed by atoms with van der Waals surface area (Å²) in [5, 5.41) is 5.74. The Labute approximate surface area is 401 Å². The second kappa shape index (κ2) is 20.1. The van der Waals surface area contributed by atoms with Gasteiger partial charge in [0, 0.05) is 0 Å². The van der Waals surface area contributed by atoms with Gasteiger partial charge < -0.3 is 24.8 Å². The van der Waals surface area contributed by atoms with Gasteiger partial charge in [0.25, 0.3) is 0 Å².